The van der Waals surface area contributed by atoms with Gasteiger partial charge in [-0.1, -0.05) is 6.92 Å². The SMILES string of the molecule is CCCNc1ccc(C2=NCCCN2)cc1.Cl. The molecule has 2 rings (SSSR count). The summed E-state index contributed by atoms with van der Waals surface area (Å²) in [7, 11) is 0. The highest BCUT2D eigenvalue weighted by Gasteiger charge is 2.05. The van der Waals surface area contributed by atoms with Gasteiger partial charge in [-0.25, -0.2) is 0 Å². The van der Waals surface area contributed by atoms with E-state index in [-0.39, 0.29) is 12.4 Å². The van der Waals surface area contributed by atoms with Gasteiger partial charge in [0.25, 0.3) is 0 Å². The number of nitrogens with zero attached hydrogens (tertiary/aromatic N) is 1. The van der Waals surface area contributed by atoms with Crippen LogP contribution in [0.15, 0.2) is 29.3 Å². The topological polar surface area (TPSA) is 36.4 Å². The van der Waals surface area contributed by atoms with E-state index < -0.39 is 0 Å². The summed E-state index contributed by atoms with van der Waals surface area (Å²) in [4.78, 5) is 4.48. The highest BCUT2D eigenvalue weighted by molar-refractivity contribution is 5.99. The standard InChI is InChI=1S/C13H19N3.ClH/c1-2-8-14-12-6-4-11(5-7-12)13-15-9-3-10-16-13;/h4-7,14H,2-3,8-10H2,1H3,(H,15,16);1H. The van der Waals surface area contributed by atoms with Crippen molar-refractivity contribution in [2.24, 2.45) is 4.99 Å². The molecule has 0 saturated carbocycles. The fourth-order valence-corrected chi connectivity index (χ4v) is 1.74. The van der Waals surface area contributed by atoms with Crippen LogP contribution in [0.1, 0.15) is 25.3 Å². The molecule has 0 spiro atoms. The van der Waals surface area contributed by atoms with E-state index in [0.29, 0.717) is 0 Å². The number of anilines is 1. The lowest BCUT2D eigenvalue weighted by molar-refractivity contribution is 0.742. The van der Waals surface area contributed by atoms with Gasteiger partial charge in [0.15, 0.2) is 0 Å². The lowest BCUT2D eigenvalue weighted by atomic mass is 10.1. The first-order valence-electron chi connectivity index (χ1n) is 6.03. The van der Waals surface area contributed by atoms with Crippen LogP contribution in [-0.2, 0) is 0 Å². The van der Waals surface area contributed by atoms with Crippen LogP contribution < -0.4 is 10.6 Å². The van der Waals surface area contributed by atoms with E-state index in [2.05, 4.69) is 46.8 Å². The molecule has 17 heavy (non-hydrogen) atoms. The normalized spacial score (nSPS) is 14.3. The highest BCUT2D eigenvalue weighted by atomic mass is 35.5. The summed E-state index contributed by atoms with van der Waals surface area (Å²) < 4.78 is 0. The van der Waals surface area contributed by atoms with Crippen molar-refractivity contribution in [3.63, 3.8) is 0 Å². The molecule has 1 aromatic rings. The second-order valence-corrected chi connectivity index (χ2v) is 4.01. The molecule has 0 unspecified atom stereocenters. The lowest BCUT2D eigenvalue weighted by Crippen LogP contribution is -2.30. The van der Waals surface area contributed by atoms with E-state index in [1.807, 2.05) is 0 Å². The van der Waals surface area contributed by atoms with Gasteiger partial charge in [0.05, 0.1) is 0 Å². The van der Waals surface area contributed by atoms with Crippen LogP contribution in [0.5, 0.6) is 0 Å². The van der Waals surface area contributed by atoms with Gasteiger partial charge in [0.1, 0.15) is 5.84 Å². The molecular weight excluding hydrogens is 234 g/mol. The summed E-state index contributed by atoms with van der Waals surface area (Å²) in [6, 6.07) is 8.47. The van der Waals surface area contributed by atoms with Crippen molar-refractivity contribution in [1.82, 2.24) is 5.32 Å². The molecule has 0 aliphatic carbocycles. The van der Waals surface area contributed by atoms with Crippen molar-refractivity contribution < 1.29 is 0 Å². The average Bonchev–Trinajstić information content (AvgIpc) is 2.38. The minimum Gasteiger partial charge on any atom is -0.385 e. The van der Waals surface area contributed by atoms with Gasteiger partial charge in [-0.2, -0.15) is 0 Å². The predicted molar refractivity (Wildman–Crippen MR) is 76.5 cm³/mol. The molecule has 1 aliphatic rings. The van der Waals surface area contributed by atoms with Crippen LogP contribution >= 0.6 is 12.4 Å². The van der Waals surface area contributed by atoms with Gasteiger partial charge in [0, 0.05) is 30.9 Å². The van der Waals surface area contributed by atoms with E-state index in [1.165, 1.54) is 11.3 Å². The Kier molecular flexibility index (Phi) is 5.84. The average molecular weight is 254 g/mol. The van der Waals surface area contributed by atoms with E-state index >= 15 is 0 Å². The summed E-state index contributed by atoms with van der Waals surface area (Å²) in [6.07, 6.45) is 2.29. The molecule has 0 saturated heterocycles. The molecule has 0 aromatic heterocycles. The molecule has 4 heteroatoms. The number of halogens is 1. The first-order valence-corrected chi connectivity index (χ1v) is 6.03. The minimum absolute atomic E-state index is 0. The number of aliphatic imine (C=N–C) groups is 1. The lowest BCUT2D eigenvalue weighted by Gasteiger charge is -2.15. The Morgan fingerprint density at radius 2 is 2.06 bits per heavy atom. The van der Waals surface area contributed by atoms with Gasteiger partial charge in [-0.05, 0) is 37.1 Å². The number of hydrogen-bond donors (Lipinski definition) is 2. The van der Waals surface area contributed by atoms with Crippen molar-refractivity contribution in [3.05, 3.63) is 29.8 Å². The maximum absolute atomic E-state index is 4.48. The zero-order valence-corrected chi connectivity index (χ0v) is 11.0. The van der Waals surface area contributed by atoms with E-state index in [4.69, 9.17) is 0 Å². The van der Waals surface area contributed by atoms with Gasteiger partial charge >= 0.3 is 0 Å². The molecule has 0 atom stereocenters. The zero-order valence-electron chi connectivity index (χ0n) is 10.2. The molecule has 2 N–H and O–H groups in total. The Morgan fingerprint density at radius 3 is 2.65 bits per heavy atom. The second-order valence-electron chi connectivity index (χ2n) is 4.01. The number of benzene rings is 1. The van der Waals surface area contributed by atoms with E-state index in [1.54, 1.807) is 0 Å². The molecule has 0 bridgehead atoms. The Balaban J connectivity index is 0.00000144. The van der Waals surface area contributed by atoms with Crippen LogP contribution in [0.3, 0.4) is 0 Å². The largest absolute Gasteiger partial charge is 0.385 e. The number of nitrogens with one attached hydrogen (secondary N) is 2. The zero-order chi connectivity index (χ0) is 11.2. The highest BCUT2D eigenvalue weighted by Crippen LogP contribution is 2.10. The number of hydrogen-bond acceptors (Lipinski definition) is 3. The Labute approximate surface area is 109 Å². The predicted octanol–water partition coefficient (Wildman–Crippen LogP) is 2.67. The fourth-order valence-electron chi connectivity index (χ4n) is 1.74. The number of amidine groups is 1. The third-order valence-corrected chi connectivity index (χ3v) is 2.63. The van der Waals surface area contributed by atoms with E-state index in [0.717, 1.165) is 38.3 Å². The van der Waals surface area contributed by atoms with Crippen molar-refractivity contribution in [2.45, 2.75) is 19.8 Å². The smallest absolute Gasteiger partial charge is 0.128 e. The summed E-state index contributed by atoms with van der Waals surface area (Å²) in [6.45, 7) is 5.17. The molecule has 3 nitrogen and oxygen atoms in total. The van der Waals surface area contributed by atoms with Crippen molar-refractivity contribution in [2.75, 3.05) is 25.0 Å². The third kappa shape index (κ3) is 3.93. The molecule has 0 fully saturated rings. The van der Waals surface area contributed by atoms with Crippen LogP contribution in [0.25, 0.3) is 0 Å². The molecule has 0 amide bonds. The van der Waals surface area contributed by atoms with Crippen LogP contribution in [0.4, 0.5) is 5.69 Å². The quantitative estimate of drug-likeness (QED) is 0.866. The summed E-state index contributed by atoms with van der Waals surface area (Å²) in [5.74, 6) is 1.04. The summed E-state index contributed by atoms with van der Waals surface area (Å²) >= 11 is 0. The Bertz CT molecular complexity index is 359. The minimum atomic E-state index is 0. The fraction of sp³-hybridized carbons (Fsp3) is 0.462. The molecule has 94 valence electrons. The monoisotopic (exact) mass is 253 g/mol. The van der Waals surface area contributed by atoms with Crippen molar-refractivity contribution in [1.29, 1.82) is 0 Å². The number of rotatable bonds is 4. The van der Waals surface area contributed by atoms with Crippen LogP contribution in [-0.4, -0.2) is 25.5 Å². The summed E-state index contributed by atoms with van der Waals surface area (Å²) in [5.41, 5.74) is 2.36. The molecule has 1 aromatic carbocycles. The Hall–Kier alpha value is -1.22. The van der Waals surface area contributed by atoms with Crippen molar-refractivity contribution >= 4 is 23.9 Å². The van der Waals surface area contributed by atoms with E-state index in [9.17, 15) is 0 Å². The molecule has 1 heterocycles. The van der Waals surface area contributed by atoms with Crippen LogP contribution in [0.2, 0.25) is 0 Å². The maximum Gasteiger partial charge on any atom is 0.128 e. The Morgan fingerprint density at radius 1 is 1.29 bits per heavy atom. The van der Waals surface area contributed by atoms with Gasteiger partial charge in [-0.15, -0.1) is 12.4 Å². The first kappa shape index (κ1) is 13.8. The van der Waals surface area contributed by atoms with Gasteiger partial charge in [0.2, 0.25) is 0 Å². The first-order chi connectivity index (χ1) is 7.90. The van der Waals surface area contributed by atoms with Gasteiger partial charge in [-0.3, -0.25) is 4.99 Å². The maximum atomic E-state index is 4.48. The molecular formula is C13H20ClN3. The van der Waals surface area contributed by atoms with Crippen molar-refractivity contribution in [3.8, 4) is 0 Å². The van der Waals surface area contributed by atoms with Crippen LogP contribution in [0, 0.1) is 0 Å². The second kappa shape index (κ2) is 7.17. The molecule has 0 radical (unpaired) electrons. The molecule has 1 aliphatic heterocycles. The van der Waals surface area contributed by atoms with Gasteiger partial charge < -0.3 is 10.6 Å². The third-order valence-electron chi connectivity index (χ3n) is 2.63. The summed E-state index contributed by atoms with van der Waals surface area (Å²) in [5, 5.41) is 6.69.